The Morgan fingerprint density at radius 3 is 2.59 bits per heavy atom. The number of ether oxygens (including phenoxy) is 2. The maximum atomic E-state index is 13.3. The van der Waals surface area contributed by atoms with E-state index in [1.807, 2.05) is 4.90 Å². The fraction of sp³-hybridized carbons (Fsp3) is 0.579. The largest absolute Gasteiger partial charge is 0.446 e. The van der Waals surface area contributed by atoms with Gasteiger partial charge in [-0.3, -0.25) is 5.32 Å². The van der Waals surface area contributed by atoms with E-state index >= 15 is 0 Å². The number of hydrogen-bond donors (Lipinski definition) is 1. The lowest BCUT2D eigenvalue weighted by Gasteiger charge is -2.28. The van der Waals surface area contributed by atoms with Gasteiger partial charge in [-0.1, -0.05) is 0 Å². The van der Waals surface area contributed by atoms with E-state index in [9.17, 15) is 22.4 Å². The summed E-state index contributed by atoms with van der Waals surface area (Å²) in [5.74, 6) is -2.08. The van der Waals surface area contributed by atoms with E-state index in [2.05, 4.69) is 20.3 Å². The topological polar surface area (TPSA) is 89.5 Å². The lowest BCUT2D eigenvalue weighted by atomic mass is 9.94. The van der Waals surface area contributed by atoms with Crippen LogP contribution in [0.1, 0.15) is 37.8 Å². The van der Waals surface area contributed by atoms with E-state index < -0.39 is 24.5 Å². The Morgan fingerprint density at radius 2 is 1.94 bits per heavy atom. The Balaban J connectivity index is 1.52. The second kappa shape index (κ2) is 9.53. The van der Waals surface area contributed by atoms with Crippen LogP contribution in [0.15, 0.2) is 11.4 Å². The first-order valence-electron chi connectivity index (χ1n) is 10.1. The quantitative estimate of drug-likeness (QED) is 0.637. The highest BCUT2D eigenvalue weighted by Gasteiger charge is 2.36. The third-order valence-corrected chi connectivity index (χ3v) is 6.01. The molecule has 1 amide bonds. The Kier molecular flexibility index (Phi) is 6.74. The zero-order chi connectivity index (χ0) is 22.7. The Morgan fingerprint density at radius 1 is 1.22 bits per heavy atom. The average Bonchev–Trinajstić information content (AvgIpc) is 3.26. The van der Waals surface area contributed by atoms with Gasteiger partial charge in [0.15, 0.2) is 10.8 Å². The summed E-state index contributed by atoms with van der Waals surface area (Å²) in [6.45, 7) is 2.08. The first kappa shape index (κ1) is 22.6. The smallest absolute Gasteiger partial charge is 0.413 e. The van der Waals surface area contributed by atoms with Crippen LogP contribution in [-0.2, 0) is 9.47 Å². The summed E-state index contributed by atoms with van der Waals surface area (Å²) in [7, 11) is 0. The van der Waals surface area contributed by atoms with Gasteiger partial charge in [-0.05, 0) is 12.8 Å². The number of carbonyl (C=O) groups is 1. The molecule has 32 heavy (non-hydrogen) atoms. The molecule has 0 spiro atoms. The summed E-state index contributed by atoms with van der Waals surface area (Å²) in [5.41, 5.74) is -0.381. The molecule has 1 N–H and O–H groups in total. The van der Waals surface area contributed by atoms with Crippen LogP contribution in [0.4, 0.5) is 34.0 Å². The van der Waals surface area contributed by atoms with Gasteiger partial charge in [0.2, 0.25) is 5.92 Å². The summed E-state index contributed by atoms with van der Waals surface area (Å²) < 4.78 is 63.1. The van der Waals surface area contributed by atoms with Gasteiger partial charge in [-0.2, -0.15) is 0 Å². The number of carbonyl (C=O) groups excluding carboxylic acids is 1. The van der Waals surface area contributed by atoms with Gasteiger partial charge in [0.05, 0.1) is 13.2 Å². The number of nitrogens with zero attached hydrogens (tertiary/aromatic N) is 4. The minimum atomic E-state index is -2.73. The molecule has 8 nitrogen and oxygen atoms in total. The van der Waals surface area contributed by atoms with E-state index in [1.54, 1.807) is 0 Å². The average molecular weight is 475 g/mol. The molecule has 2 fully saturated rings. The van der Waals surface area contributed by atoms with Gasteiger partial charge in [0.1, 0.15) is 23.4 Å². The molecular formula is C19H21F4N5O3S. The summed E-state index contributed by atoms with van der Waals surface area (Å²) in [6.07, 6.45) is -4.68. The van der Waals surface area contributed by atoms with Crippen molar-refractivity contribution in [3.63, 3.8) is 0 Å². The molecule has 1 aliphatic carbocycles. The molecule has 0 bridgehead atoms. The highest BCUT2D eigenvalue weighted by Crippen LogP contribution is 2.34. The van der Waals surface area contributed by atoms with Crippen molar-refractivity contribution in [3.05, 3.63) is 17.1 Å². The molecule has 1 saturated carbocycles. The fourth-order valence-electron chi connectivity index (χ4n) is 3.45. The van der Waals surface area contributed by atoms with Gasteiger partial charge in [-0.15, -0.1) is 11.3 Å². The van der Waals surface area contributed by atoms with E-state index in [1.165, 1.54) is 11.4 Å². The van der Waals surface area contributed by atoms with Gasteiger partial charge in [0.25, 0.3) is 6.43 Å². The fourth-order valence-corrected chi connectivity index (χ4v) is 4.20. The number of thiazole rings is 1. The van der Waals surface area contributed by atoms with Crippen molar-refractivity contribution in [1.29, 1.82) is 0 Å². The summed E-state index contributed by atoms with van der Waals surface area (Å²) in [5, 5.41) is 3.91. The predicted molar refractivity (Wildman–Crippen MR) is 108 cm³/mol. The number of halogens is 4. The number of hydrogen-bond acceptors (Lipinski definition) is 8. The van der Waals surface area contributed by atoms with Crippen molar-refractivity contribution in [2.24, 2.45) is 0 Å². The van der Waals surface area contributed by atoms with Gasteiger partial charge >= 0.3 is 6.09 Å². The standard InChI is InChI=1S/C19H21F4N5O3S/c20-15(21)12-10-32-17(24-12)16-25-13(9-14(27-16)28-5-7-30-8-6-28)26-18(29)31-11-1-3-19(22,23)4-2-11/h9-11,15H,1-8H2,(H,25,26,27,29). The molecule has 2 aliphatic rings. The molecule has 0 radical (unpaired) electrons. The second-order valence-electron chi connectivity index (χ2n) is 7.50. The van der Waals surface area contributed by atoms with Crippen LogP contribution in [0.3, 0.4) is 0 Å². The molecule has 1 saturated heterocycles. The molecule has 0 atom stereocenters. The number of amides is 1. The van der Waals surface area contributed by atoms with Crippen LogP contribution in [0.2, 0.25) is 0 Å². The van der Waals surface area contributed by atoms with Gasteiger partial charge < -0.3 is 14.4 Å². The maximum Gasteiger partial charge on any atom is 0.413 e. The predicted octanol–water partition coefficient (Wildman–Crippen LogP) is 4.50. The summed E-state index contributed by atoms with van der Waals surface area (Å²) >= 11 is 0.968. The van der Waals surface area contributed by atoms with Gasteiger partial charge in [-0.25, -0.2) is 37.3 Å². The Bertz CT molecular complexity index is 945. The van der Waals surface area contributed by atoms with Crippen LogP contribution in [-0.4, -0.2) is 59.4 Å². The highest BCUT2D eigenvalue weighted by atomic mass is 32.1. The van der Waals surface area contributed by atoms with Crippen molar-refractivity contribution in [3.8, 4) is 10.8 Å². The summed E-state index contributed by atoms with van der Waals surface area (Å²) in [4.78, 5) is 26.8. The third kappa shape index (κ3) is 5.63. The van der Waals surface area contributed by atoms with E-state index in [4.69, 9.17) is 9.47 Å². The van der Waals surface area contributed by atoms with Crippen LogP contribution in [0.25, 0.3) is 10.8 Å². The number of aromatic nitrogens is 3. The molecule has 174 valence electrons. The first-order valence-corrected chi connectivity index (χ1v) is 11.0. The number of alkyl halides is 4. The summed E-state index contributed by atoms with van der Waals surface area (Å²) in [6, 6.07) is 1.53. The zero-order valence-electron chi connectivity index (χ0n) is 16.9. The molecule has 13 heteroatoms. The normalized spacial score (nSPS) is 19.2. The molecule has 4 rings (SSSR count). The number of nitrogens with one attached hydrogen (secondary N) is 1. The lowest BCUT2D eigenvalue weighted by Crippen LogP contribution is -2.37. The maximum absolute atomic E-state index is 13.3. The van der Waals surface area contributed by atoms with E-state index in [0.717, 1.165) is 11.3 Å². The lowest BCUT2D eigenvalue weighted by molar-refractivity contribution is -0.0642. The van der Waals surface area contributed by atoms with Crippen molar-refractivity contribution in [1.82, 2.24) is 15.0 Å². The van der Waals surface area contributed by atoms with Crippen molar-refractivity contribution in [2.75, 3.05) is 36.5 Å². The molecule has 3 heterocycles. The third-order valence-electron chi connectivity index (χ3n) is 5.15. The first-order chi connectivity index (χ1) is 15.3. The molecule has 0 unspecified atom stereocenters. The number of anilines is 2. The highest BCUT2D eigenvalue weighted by molar-refractivity contribution is 7.13. The second-order valence-corrected chi connectivity index (χ2v) is 8.36. The number of morpholine rings is 1. The minimum Gasteiger partial charge on any atom is -0.446 e. The molecular weight excluding hydrogens is 454 g/mol. The monoisotopic (exact) mass is 475 g/mol. The molecule has 2 aromatic heterocycles. The van der Waals surface area contributed by atoms with E-state index in [0.29, 0.717) is 32.1 Å². The van der Waals surface area contributed by atoms with Crippen molar-refractivity contribution >= 4 is 29.1 Å². The van der Waals surface area contributed by atoms with Gasteiger partial charge in [0, 0.05) is 37.4 Å². The number of rotatable bonds is 5. The zero-order valence-corrected chi connectivity index (χ0v) is 17.7. The van der Waals surface area contributed by atoms with Crippen molar-refractivity contribution < 1.29 is 31.8 Å². The SMILES string of the molecule is O=C(Nc1cc(N2CCOCC2)nc(-c2nc(C(F)F)cs2)n1)OC1CCC(F)(F)CC1. The van der Waals surface area contributed by atoms with Crippen LogP contribution < -0.4 is 10.2 Å². The Labute approximate surface area is 185 Å². The Hall–Kier alpha value is -2.54. The van der Waals surface area contributed by atoms with E-state index in [-0.39, 0.29) is 48.0 Å². The van der Waals surface area contributed by atoms with Crippen LogP contribution >= 0.6 is 11.3 Å². The van der Waals surface area contributed by atoms with Crippen molar-refractivity contribution in [2.45, 2.75) is 44.1 Å². The molecule has 0 aromatic carbocycles. The minimum absolute atomic E-state index is 0.0734. The molecule has 2 aromatic rings. The van der Waals surface area contributed by atoms with Crippen LogP contribution in [0.5, 0.6) is 0 Å². The molecule has 1 aliphatic heterocycles. The van der Waals surface area contributed by atoms with Crippen LogP contribution in [0, 0.1) is 0 Å².